The predicted octanol–water partition coefficient (Wildman–Crippen LogP) is 6.17. The molecule has 0 atom stereocenters. The lowest BCUT2D eigenvalue weighted by molar-refractivity contribution is 0.262. The molecule has 1 aromatic heterocycles. The number of halogens is 1. The van der Waals surface area contributed by atoms with Gasteiger partial charge in [0.15, 0.2) is 0 Å². The van der Waals surface area contributed by atoms with Crippen molar-refractivity contribution in [2.75, 3.05) is 17.7 Å². The molecule has 0 fully saturated rings. The second kappa shape index (κ2) is 9.06. The van der Waals surface area contributed by atoms with Crippen LogP contribution in [0.3, 0.4) is 0 Å². The summed E-state index contributed by atoms with van der Waals surface area (Å²) in [6, 6.07) is 22.8. The minimum atomic E-state index is -0.330. The molecule has 1 heterocycles. The highest BCUT2D eigenvalue weighted by Crippen LogP contribution is 2.36. The Morgan fingerprint density at radius 3 is 2.42 bits per heavy atom. The van der Waals surface area contributed by atoms with Crippen molar-refractivity contribution in [2.45, 2.75) is 0 Å². The maximum absolute atomic E-state index is 12.8. The summed E-state index contributed by atoms with van der Waals surface area (Å²) in [5.74, 6) is 0.685. The van der Waals surface area contributed by atoms with E-state index in [4.69, 9.17) is 4.74 Å². The van der Waals surface area contributed by atoms with Gasteiger partial charge in [0.2, 0.25) is 0 Å². The molecular weight excluding hydrogens is 456 g/mol. The average molecular weight is 477 g/mol. The number of anilines is 2. The second-order valence-corrected chi connectivity index (χ2v) is 7.72. The van der Waals surface area contributed by atoms with Gasteiger partial charge in [0.05, 0.1) is 29.2 Å². The summed E-state index contributed by atoms with van der Waals surface area (Å²) in [5, 5.41) is 10.1. The van der Waals surface area contributed by atoms with E-state index in [-0.39, 0.29) is 6.03 Å². The molecule has 0 radical (unpaired) electrons. The normalized spacial score (nSPS) is 10.5. The number of methoxy groups -OCH3 is 1. The van der Waals surface area contributed by atoms with Gasteiger partial charge in [-0.1, -0.05) is 48.5 Å². The zero-order chi connectivity index (χ0) is 21.8. The van der Waals surface area contributed by atoms with Crippen LogP contribution in [0.2, 0.25) is 0 Å². The Kier molecular flexibility index (Phi) is 6.04. The number of nitrogens with one attached hydrogen (secondary N) is 2. The topological polar surface area (TPSA) is 68.2 Å². The fourth-order valence-corrected chi connectivity index (χ4v) is 3.99. The van der Waals surface area contributed by atoms with Crippen molar-refractivity contribution in [3.8, 4) is 28.1 Å². The minimum absolute atomic E-state index is 0.330. The highest BCUT2D eigenvalue weighted by Gasteiger charge is 2.16. The van der Waals surface area contributed by atoms with Crippen LogP contribution in [0.1, 0.15) is 0 Å². The van der Waals surface area contributed by atoms with Gasteiger partial charge in [0, 0.05) is 23.9 Å². The van der Waals surface area contributed by atoms with Crippen LogP contribution in [0.15, 0.2) is 83.5 Å². The maximum atomic E-state index is 12.8. The summed E-state index contributed by atoms with van der Waals surface area (Å²) in [7, 11) is 3.47. The quantitative estimate of drug-likeness (QED) is 0.361. The molecule has 0 bridgehead atoms. The van der Waals surface area contributed by atoms with E-state index in [0.717, 1.165) is 32.5 Å². The highest BCUT2D eigenvalue weighted by molar-refractivity contribution is 9.10. The van der Waals surface area contributed by atoms with Crippen LogP contribution in [0.25, 0.3) is 22.4 Å². The number of hydrogen-bond acceptors (Lipinski definition) is 3. The Hall–Kier alpha value is -3.58. The number of benzene rings is 3. The van der Waals surface area contributed by atoms with Gasteiger partial charge in [-0.25, -0.2) is 4.79 Å². The van der Waals surface area contributed by atoms with E-state index >= 15 is 0 Å². The number of rotatable bonds is 5. The average Bonchev–Trinajstić information content (AvgIpc) is 3.12. The van der Waals surface area contributed by atoms with Crippen molar-refractivity contribution in [3.63, 3.8) is 0 Å². The Balaban J connectivity index is 1.59. The molecule has 0 aliphatic carbocycles. The Morgan fingerprint density at radius 1 is 0.968 bits per heavy atom. The molecule has 0 saturated carbocycles. The molecule has 0 spiro atoms. The summed E-state index contributed by atoms with van der Waals surface area (Å²) >= 11 is 3.53. The van der Waals surface area contributed by atoms with Gasteiger partial charge in [-0.2, -0.15) is 5.10 Å². The molecule has 4 rings (SSSR count). The Bertz CT molecular complexity index is 1200. The van der Waals surface area contributed by atoms with E-state index in [2.05, 4.69) is 31.7 Å². The highest BCUT2D eigenvalue weighted by atomic mass is 79.9. The summed E-state index contributed by atoms with van der Waals surface area (Å²) in [6.45, 7) is 0. The van der Waals surface area contributed by atoms with Gasteiger partial charge in [0.1, 0.15) is 5.75 Å². The lowest BCUT2D eigenvalue weighted by Gasteiger charge is -2.14. The number of amides is 2. The zero-order valence-corrected chi connectivity index (χ0v) is 18.7. The predicted molar refractivity (Wildman–Crippen MR) is 127 cm³/mol. The van der Waals surface area contributed by atoms with Crippen LogP contribution in [0.4, 0.5) is 16.2 Å². The number of carbonyl (C=O) groups is 1. The number of nitrogens with zero attached hydrogens (tertiary/aromatic N) is 2. The van der Waals surface area contributed by atoms with Gasteiger partial charge < -0.3 is 15.4 Å². The molecule has 3 aromatic carbocycles. The lowest BCUT2D eigenvalue weighted by Crippen LogP contribution is -2.20. The molecular formula is C24H21BrN4O2. The van der Waals surface area contributed by atoms with E-state index in [1.54, 1.807) is 24.1 Å². The van der Waals surface area contributed by atoms with Gasteiger partial charge in [-0.15, -0.1) is 0 Å². The summed E-state index contributed by atoms with van der Waals surface area (Å²) in [5.41, 5.74) is 5.03. The molecule has 2 amide bonds. The molecule has 31 heavy (non-hydrogen) atoms. The number of urea groups is 1. The number of hydrogen-bond donors (Lipinski definition) is 2. The summed E-state index contributed by atoms with van der Waals surface area (Å²) < 4.78 is 8.10. The first-order valence-corrected chi connectivity index (χ1v) is 10.4. The maximum Gasteiger partial charge on any atom is 0.323 e. The molecule has 4 aromatic rings. The first-order chi connectivity index (χ1) is 15.1. The Morgan fingerprint density at radius 2 is 1.71 bits per heavy atom. The molecule has 0 unspecified atom stereocenters. The van der Waals surface area contributed by atoms with Crippen LogP contribution in [0, 0.1) is 0 Å². The van der Waals surface area contributed by atoms with Crippen molar-refractivity contribution in [3.05, 3.63) is 83.5 Å². The standard InChI is InChI=1S/C24H21BrN4O2/c1-29-23(20(25)15-26-29)19-14-17(12-13-22(19)31-2)27-24(30)28-21-11-7-6-10-18(21)16-8-4-3-5-9-16/h3-15H,1-2H3,(H2,27,28,30). The lowest BCUT2D eigenvalue weighted by atomic mass is 10.0. The first kappa shape index (κ1) is 20.7. The molecule has 7 heteroatoms. The van der Waals surface area contributed by atoms with Crippen molar-refractivity contribution < 1.29 is 9.53 Å². The first-order valence-electron chi connectivity index (χ1n) is 9.65. The van der Waals surface area contributed by atoms with Gasteiger partial charge in [0.25, 0.3) is 0 Å². The summed E-state index contributed by atoms with van der Waals surface area (Å²) in [6.07, 6.45) is 1.72. The third-order valence-corrected chi connectivity index (χ3v) is 5.45. The fraction of sp³-hybridized carbons (Fsp3) is 0.0833. The number of aryl methyl sites for hydroxylation is 1. The molecule has 6 nitrogen and oxygen atoms in total. The largest absolute Gasteiger partial charge is 0.496 e. The smallest absolute Gasteiger partial charge is 0.323 e. The van der Waals surface area contributed by atoms with E-state index in [1.165, 1.54) is 0 Å². The zero-order valence-electron chi connectivity index (χ0n) is 17.1. The van der Waals surface area contributed by atoms with Crippen LogP contribution in [0.5, 0.6) is 5.75 Å². The number of para-hydroxylation sites is 1. The van der Waals surface area contributed by atoms with Crippen molar-refractivity contribution in [2.24, 2.45) is 7.05 Å². The molecule has 0 aliphatic heterocycles. The number of carbonyl (C=O) groups excluding carboxylic acids is 1. The van der Waals surface area contributed by atoms with E-state index in [0.29, 0.717) is 11.4 Å². The van der Waals surface area contributed by atoms with Crippen molar-refractivity contribution in [1.29, 1.82) is 0 Å². The van der Waals surface area contributed by atoms with Crippen LogP contribution >= 0.6 is 15.9 Å². The molecule has 0 aliphatic rings. The van der Waals surface area contributed by atoms with Crippen LogP contribution < -0.4 is 15.4 Å². The minimum Gasteiger partial charge on any atom is -0.496 e. The number of ether oxygens (including phenoxy) is 1. The molecule has 2 N–H and O–H groups in total. The SMILES string of the molecule is COc1ccc(NC(=O)Nc2ccccc2-c2ccccc2)cc1-c1c(Br)cnn1C. The van der Waals surface area contributed by atoms with Crippen molar-refractivity contribution in [1.82, 2.24) is 9.78 Å². The number of aromatic nitrogens is 2. The third-order valence-electron chi connectivity index (χ3n) is 4.87. The van der Waals surface area contributed by atoms with Gasteiger partial charge >= 0.3 is 6.03 Å². The second-order valence-electron chi connectivity index (χ2n) is 6.87. The van der Waals surface area contributed by atoms with E-state index < -0.39 is 0 Å². The Labute approximate surface area is 189 Å². The molecule has 0 saturated heterocycles. The van der Waals surface area contributed by atoms with E-state index in [9.17, 15) is 4.79 Å². The van der Waals surface area contributed by atoms with E-state index in [1.807, 2.05) is 73.8 Å². The monoisotopic (exact) mass is 476 g/mol. The third kappa shape index (κ3) is 4.46. The molecule has 156 valence electrons. The van der Waals surface area contributed by atoms with Crippen molar-refractivity contribution >= 4 is 33.3 Å². The van der Waals surface area contributed by atoms with Crippen LogP contribution in [-0.2, 0) is 7.05 Å². The van der Waals surface area contributed by atoms with Gasteiger partial charge in [-0.05, 0) is 45.8 Å². The van der Waals surface area contributed by atoms with Gasteiger partial charge in [-0.3, -0.25) is 4.68 Å². The fourth-order valence-electron chi connectivity index (χ4n) is 3.43. The van der Waals surface area contributed by atoms with Crippen LogP contribution in [-0.4, -0.2) is 22.9 Å². The summed E-state index contributed by atoms with van der Waals surface area (Å²) in [4.78, 5) is 12.8.